The van der Waals surface area contributed by atoms with Crippen LogP contribution in [0.15, 0.2) is 48.5 Å². The van der Waals surface area contributed by atoms with E-state index in [1.54, 1.807) is 24.3 Å². The first-order valence-electron chi connectivity index (χ1n) is 9.92. The van der Waals surface area contributed by atoms with Crippen molar-refractivity contribution in [1.29, 1.82) is 0 Å². The summed E-state index contributed by atoms with van der Waals surface area (Å²) in [7, 11) is 0. The first-order valence-corrected chi connectivity index (χ1v) is 9.92. The predicted octanol–water partition coefficient (Wildman–Crippen LogP) is 3.57. The first-order chi connectivity index (χ1) is 14.1. The zero-order valence-electron chi connectivity index (χ0n) is 16.4. The molecular formula is C22H27N3O4. The third kappa shape index (κ3) is 6.80. The molecular weight excluding hydrogens is 370 g/mol. The highest BCUT2D eigenvalue weighted by molar-refractivity contribution is 5.89. The highest BCUT2D eigenvalue weighted by atomic mass is 16.5. The number of carboxylic acid groups (broad SMARTS) is 1. The molecule has 0 unspecified atom stereocenters. The van der Waals surface area contributed by atoms with E-state index in [0.29, 0.717) is 18.8 Å². The number of nitrogens with one attached hydrogen (secondary N) is 2. The molecule has 0 aromatic heterocycles. The molecule has 0 saturated carbocycles. The van der Waals surface area contributed by atoms with Gasteiger partial charge in [-0.2, -0.15) is 0 Å². The fourth-order valence-electron chi connectivity index (χ4n) is 3.23. The number of hydrogen-bond donors (Lipinski definition) is 3. The lowest BCUT2D eigenvalue weighted by Crippen LogP contribution is -2.33. The molecule has 1 heterocycles. The van der Waals surface area contributed by atoms with Crippen LogP contribution in [0.25, 0.3) is 0 Å². The van der Waals surface area contributed by atoms with E-state index in [9.17, 15) is 9.59 Å². The number of rotatable bonds is 8. The van der Waals surface area contributed by atoms with E-state index in [1.165, 1.54) is 31.4 Å². The normalized spacial score (nSPS) is 14.2. The largest absolute Gasteiger partial charge is 0.492 e. The third-order valence-electron chi connectivity index (χ3n) is 4.89. The summed E-state index contributed by atoms with van der Waals surface area (Å²) in [6, 6.07) is 13.4. The topological polar surface area (TPSA) is 90.9 Å². The van der Waals surface area contributed by atoms with Crippen molar-refractivity contribution in [1.82, 2.24) is 10.2 Å². The van der Waals surface area contributed by atoms with Crippen molar-refractivity contribution in [3.05, 3.63) is 59.7 Å². The Balaban J connectivity index is 1.38. The van der Waals surface area contributed by atoms with Gasteiger partial charge in [0.15, 0.2) is 0 Å². The van der Waals surface area contributed by atoms with E-state index < -0.39 is 5.97 Å². The van der Waals surface area contributed by atoms with Gasteiger partial charge < -0.3 is 20.5 Å². The Hall–Kier alpha value is -3.06. The SMILES string of the molecule is O=C(NCc1ccc(C(=O)O)cc1)Nc1ccc(OCCN2CCCCC2)cc1. The van der Waals surface area contributed by atoms with Crippen molar-refractivity contribution in [2.24, 2.45) is 0 Å². The molecule has 1 aliphatic heterocycles. The van der Waals surface area contributed by atoms with E-state index in [4.69, 9.17) is 9.84 Å². The number of benzene rings is 2. The van der Waals surface area contributed by atoms with Crippen molar-refractivity contribution in [2.45, 2.75) is 25.8 Å². The van der Waals surface area contributed by atoms with Gasteiger partial charge in [0.1, 0.15) is 12.4 Å². The number of amides is 2. The molecule has 0 atom stereocenters. The number of carboxylic acids is 1. The lowest BCUT2D eigenvalue weighted by Gasteiger charge is -2.26. The van der Waals surface area contributed by atoms with Crippen molar-refractivity contribution in [3.8, 4) is 5.75 Å². The van der Waals surface area contributed by atoms with Gasteiger partial charge in [0.25, 0.3) is 0 Å². The second-order valence-corrected chi connectivity index (χ2v) is 7.08. The van der Waals surface area contributed by atoms with Crippen molar-refractivity contribution < 1.29 is 19.4 Å². The molecule has 2 aromatic rings. The third-order valence-corrected chi connectivity index (χ3v) is 4.89. The number of nitrogens with zero attached hydrogens (tertiary/aromatic N) is 1. The van der Waals surface area contributed by atoms with Crippen LogP contribution in [-0.2, 0) is 6.54 Å². The van der Waals surface area contributed by atoms with Gasteiger partial charge in [0.2, 0.25) is 0 Å². The minimum atomic E-state index is -0.971. The molecule has 1 fully saturated rings. The minimum Gasteiger partial charge on any atom is -0.492 e. The van der Waals surface area contributed by atoms with E-state index in [2.05, 4.69) is 15.5 Å². The number of carbonyl (C=O) groups is 2. The van der Waals surface area contributed by atoms with Crippen molar-refractivity contribution in [2.75, 3.05) is 31.6 Å². The number of piperidine rings is 1. The van der Waals surface area contributed by atoms with Crippen LogP contribution in [0.2, 0.25) is 0 Å². The number of likely N-dealkylation sites (tertiary alicyclic amines) is 1. The summed E-state index contributed by atoms with van der Waals surface area (Å²) >= 11 is 0. The Morgan fingerprint density at radius 3 is 2.31 bits per heavy atom. The summed E-state index contributed by atoms with van der Waals surface area (Å²) in [5.41, 5.74) is 1.71. The summed E-state index contributed by atoms with van der Waals surface area (Å²) in [6.45, 7) is 4.23. The highest BCUT2D eigenvalue weighted by Crippen LogP contribution is 2.16. The molecule has 7 heteroatoms. The zero-order valence-corrected chi connectivity index (χ0v) is 16.4. The second kappa shape index (κ2) is 10.5. The van der Waals surface area contributed by atoms with Gasteiger partial charge >= 0.3 is 12.0 Å². The summed E-state index contributed by atoms with van der Waals surface area (Å²) in [5, 5.41) is 14.4. The number of aromatic carboxylic acids is 1. The minimum absolute atomic E-state index is 0.219. The number of anilines is 1. The Bertz CT molecular complexity index is 800. The van der Waals surface area contributed by atoms with Crippen LogP contribution in [0.1, 0.15) is 35.2 Å². The van der Waals surface area contributed by atoms with Gasteiger partial charge in [-0.25, -0.2) is 9.59 Å². The average molecular weight is 397 g/mol. The van der Waals surface area contributed by atoms with E-state index >= 15 is 0 Å². The lowest BCUT2D eigenvalue weighted by molar-refractivity contribution is 0.0697. The van der Waals surface area contributed by atoms with Crippen molar-refractivity contribution in [3.63, 3.8) is 0 Å². The number of ether oxygens (including phenoxy) is 1. The summed E-state index contributed by atoms with van der Waals surface area (Å²) in [4.78, 5) is 25.3. The number of carbonyl (C=O) groups excluding carboxylic acids is 1. The smallest absolute Gasteiger partial charge is 0.335 e. The lowest BCUT2D eigenvalue weighted by atomic mass is 10.1. The zero-order chi connectivity index (χ0) is 20.5. The van der Waals surface area contributed by atoms with Gasteiger partial charge in [-0.05, 0) is 67.9 Å². The van der Waals surface area contributed by atoms with Crippen LogP contribution in [0.4, 0.5) is 10.5 Å². The van der Waals surface area contributed by atoms with Gasteiger partial charge in [-0.3, -0.25) is 4.90 Å². The quantitative estimate of drug-likeness (QED) is 0.633. The fraction of sp³-hybridized carbons (Fsp3) is 0.364. The molecule has 1 aliphatic rings. The average Bonchev–Trinajstić information content (AvgIpc) is 2.74. The Morgan fingerprint density at radius 2 is 1.66 bits per heavy atom. The highest BCUT2D eigenvalue weighted by Gasteiger charge is 2.09. The number of urea groups is 1. The maximum atomic E-state index is 12.0. The monoisotopic (exact) mass is 397 g/mol. The molecule has 0 spiro atoms. The molecule has 2 aromatic carbocycles. The summed E-state index contributed by atoms with van der Waals surface area (Å²) < 4.78 is 5.79. The predicted molar refractivity (Wildman–Crippen MR) is 111 cm³/mol. The van der Waals surface area contributed by atoms with Gasteiger partial charge in [-0.1, -0.05) is 18.6 Å². The van der Waals surface area contributed by atoms with Crippen LogP contribution in [-0.4, -0.2) is 48.2 Å². The molecule has 154 valence electrons. The Kier molecular flexibility index (Phi) is 7.47. The van der Waals surface area contributed by atoms with Gasteiger partial charge in [-0.15, -0.1) is 0 Å². The standard InChI is InChI=1S/C22H27N3O4/c26-21(27)18-6-4-17(5-7-18)16-23-22(28)24-19-8-10-20(11-9-19)29-15-14-25-12-2-1-3-13-25/h4-11H,1-3,12-16H2,(H,26,27)(H2,23,24,28). The van der Waals surface area contributed by atoms with E-state index in [-0.39, 0.29) is 11.6 Å². The molecule has 1 saturated heterocycles. The molecule has 0 aliphatic carbocycles. The van der Waals surface area contributed by atoms with Crippen molar-refractivity contribution >= 4 is 17.7 Å². The Labute approximate surface area is 170 Å². The second-order valence-electron chi connectivity index (χ2n) is 7.08. The van der Waals surface area contributed by atoms with Crippen LogP contribution in [0.5, 0.6) is 5.75 Å². The molecule has 29 heavy (non-hydrogen) atoms. The summed E-state index contributed by atoms with van der Waals surface area (Å²) in [6.07, 6.45) is 3.88. The van der Waals surface area contributed by atoms with E-state index in [0.717, 1.165) is 30.9 Å². The van der Waals surface area contributed by atoms with Crippen LogP contribution < -0.4 is 15.4 Å². The van der Waals surface area contributed by atoms with Crippen LogP contribution in [0, 0.1) is 0 Å². The fourth-order valence-corrected chi connectivity index (χ4v) is 3.23. The molecule has 3 N–H and O–H groups in total. The molecule has 3 rings (SSSR count). The maximum Gasteiger partial charge on any atom is 0.335 e. The molecule has 7 nitrogen and oxygen atoms in total. The van der Waals surface area contributed by atoms with E-state index in [1.807, 2.05) is 12.1 Å². The summed E-state index contributed by atoms with van der Waals surface area (Å²) in [5.74, 6) is -0.187. The van der Waals surface area contributed by atoms with Gasteiger partial charge in [0, 0.05) is 18.8 Å². The van der Waals surface area contributed by atoms with Gasteiger partial charge in [0.05, 0.1) is 5.56 Å². The molecule has 0 radical (unpaired) electrons. The maximum absolute atomic E-state index is 12.0. The number of hydrogen-bond acceptors (Lipinski definition) is 4. The van der Waals surface area contributed by atoms with Crippen LogP contribution in [0.3, 0.4) is 0 Å². The molecule has 2 amide bonds. The Morgan fingerprint density at radius 1 is 0.966 bits per heavy atom. The first kappa shape index (κ1) is 20.7. The molecule has 0 bridgehead atoms. The van der Waals surface area contributed by atoms with Crippen LogP contribution >= 0.6 is 0 Å².